The second-order valence-electron chi connectivity index (χ2n) is 5.20. The second kappa shape index (κ2) is 5.61. The van der Waals surface area contributed by atoms with Crippen molar-refractivity contribution in [1.82, 2.24) is 5.48 Å². The van der Waals surface area contributed by atoms with Crippen LogP contribution < -0.4 is 5.48 Å². The summed E-state index contributed by atoms with van der Waals surface area (Å²) in [5.74, 6) is 0.777. The summed E-state index contributed by atoms with van der Waals surface area (Å²) < 4.78 is 0. The van der Waals surface area contributed by atoms with Gasteiger partial charge in [-0.2, -0.15) is 5.48 Å². The first kappa shape index (κ1) is 12.9. The lowest BCUT2D eigenvalue weighted by molar-refractivity contribution is -0.0872. The van der Waals surface area contributed by atoms with Crippen molar-refractivity contribution in [3.8, 4) is 0 Å². The molecular formula is C11H25NO. The van der Waals surface area contributed by atoms with Gasteiger partial charge in [-0.3, -0.25) is 4.84 Å². The van der Waals surface area contributed by atoms with Crippen molar-refractivity contribution in [2.75, 3.05) is 0 Å². The van der Waals surface area contributed by atoms with E-state index in [0.29, 0.717) is 6.04 Å². The molecule has 2 nitrogen and oxygen atoms in total. The van der Waals surface area contributed by atoms with Crippen LogP contribution in [0.2, 0.25) is 0 Å². The maximum atomic E-state index is 5.47. The van der Waals surface area contributed by atoms with Gasteiger partial charge in [-0.1, -0.05) is 13.8 Å². The first-order chi connectivity index (χ1) is 5.81. The zero-order valence-electron chi connectivity index (χ0n) is 9.98. The summed E-state index contributed by atoms with van der Waals surface area (Å²) in [5, 5.41) is 0. The van der Waals surface area contributed by atoms with Crippen molar-refractivity contribution in [2.24, 2.45) is 5.92 Å². The minimum atomic E-state index is -0.0912. The summed E-state index contributed by atoms with van der Waals surface area (Å²) in [5.41, 5.74) is 2.99. The van der Waals surface area contributed by atoms with Gasteiger partial charge in [0.15, 0.2) is 0 Å². The lowest BCUT2D eigenvalue weighted by atomic mass is 10.1. The fourth-order valence-electron chi connectivity index (χ4n) is 0.920. The van der Waals surface area contributed by atoms with E-state index in [1.165, 1.54) is 12.8 Å². The van der Waals surface area contributed by atoms with Crippen molar-refractivity contribution in [2.45, 2.75) is 66.0 Å². The van der Waals surface area contributed by atoms with Crippen molar-refractivity contribution in [3.05, 3.63) is 0 Å². The largest absolute Gasteiger partial charge is 0.296 e. The van der Waals surface area contributed by atoms with Gasteiger partial charge >= 0.3 is 0 Å². The Hall–Kier alpha value is -0.0800. The van der Waals surface area contributed by atoms with Crippen LogP contribution in [0.25, 0.3) is 0 Å². The summed E-state index contributed by atoms with van der Waals surface area (Å²) in [6.45, 7) is 12.8. The quantitative estimate of drug-likeness (QED) is 0.668. The van der Waals surface area contributed by atoms with Gasteiger partial charge in [-0.25, -0.2) is 0 Å². The van der Waals surface area contributed by atoms with Crippen LogP contribution in [-0.2, 0) is 4.84 Å². The maximum absolute atomic E-state index is 5.47. The molecule has 80 valence electrons. The monoisotopic (exact) mass is 187 g/mol. The lowest BCUT2D eigenvalue weighted by Gasteiger charge is -2.23. The summed E-state index contributed by atoms with van der Waals surface area (Å²) in [6.07, 6.45) is 2.43. The van der Waals surface area contributed by atoms with E-state index in [1.54, 1.807) is 0 Å². The van der Waals surface area contributed by atoms with Crippen LogP contribution in [-0.4, -0.2) is 11.6 Å². The Morgan fingerprint density at radius 2 is 1.62 bits per heavy atom. The number of hydroxylamine groups is 1. The lowest BCUT2D eigenvalue weighted by Crippen LogP contribution is -2.35. The van der Waals surface area contributed by atoms with Gasteiger partial charge in [0.1, 0.15) is 0 Å². The number of nitrogens with one attached hydrogen (secondary N) is 1. The van der Waals surface area contributed by atoms with Crippen molar-refractivity contribution in [1.29, 1.82) is 0 Å². The molecule has 2 heteroatoms. The van der Waals surface area contributed by atoms with E-state index in [9.17, 15) is 0 Å². The van der Waals surface area contributed by atoms with Crippen LogP contribution in [0.4, 0.5) is 0 Å². The summed E-state index contributed by atoms with van der Waals surface area (Å²) >= 11 is 0. The fraction of sp³-hybridized carbons (Fsp3) is 1.00. The Balaban J connectivity index is 3.46. The highest BCUT2D eigenvalue weighted by atomic mass is 16.7. The molecule has 0 amide bonds. The third-order valence-electron chi connectivity index (χ3n) is 1.74. The second-order valence-corrected chi connectivity index (χ2v) is 5.20. The zero-order chi connectivity index (χ0) is 10.5. The van der Waals surface area contributed by atoms with E-state index in [0.717, 1.165) is 5.92 Å². The molecule has 0 fully saturated rings. The minimum Gasteiger partial charge on any atom is -0.296 e. The highest BCUT2D eigenvalue weighted by Crippen LogP contribution is 2.09. The molecule has 0 aromatic rings. The standard InChI is InChI=1S/C11H25NO/c1-9(2)7-8-10(3)12-13-11(4,5)6/h9-10,12H,7-8H2,1-6H3. The van der Waals surface area contributed by atoms with Gasteiger partial charge < -0.3 is 0 Å². The SMILES string of the molecule is CC(C)CCC(C)NOC(C)(C)C. The molecule has 0 heterocycles. The summed E-state index contributed by atoms with van der Waals surface area (Å²) in [4.78, 5) is 5.47. The van der Waals surface area contributed by atoms with Crippen molar-refractivity contribution < 1.29 is 4.84 Å². The maximum Gasteiger partial charge on any atom is 0.0813 e. The van der Waals surface area contributed by atoms with Gasteiger partial charge in [-0.15, -0.1) is 0 Å². The van der Waals surface area contributed by atoms with Gasteiger partial charge in [0.05, 0.1) is 5.60 Å². The molecule has 1 unspecified atom stereocenters. The Bertz CT molecular complexity index is 127. The molecule has 0 aliphatic heterocycles. The predicted molar refractivity (Wildman–Crippen MR) is 57.5 cm³/mol. The molecule has 0 saturated carbocycles. The molecule has 0 bridgehead atoms. The summed E-state index contributed by atoms with van der Waals surface area (Å²) in [7, 11) is 0. The molecule has 0 rings (SSSR count). The van der Waals surface area contributed by atoms with E-state index in [2.05, 4.69) is 47.0 Å². The Kier molecular flexibility index (Phi) is 5.57. The zero-order valence-corrected chi connectivity index (χ0v) is 9.98. The number of hydrogen-bond donors (Lipinski definition) is 1. The smallest absolute Gasteiger partial charge is 0.0813 e. The summed E-state index contributed by atoms with van der Waals surface area (Å²) in [6, 6.07) is 0.446. The van der Waals surface area contributed by atoms with E-state index in [1.807, 2.05) is 0 Å². The highest BCUT2D eigenvalue weighted by Gasteiger charge is 2.12. The molecule has 1 atom stereocenters. The van der Waals surface area contributed by atoms with Crippen LogP contribution in [0.15, 0.2) is 0 Å². The van der Waals surface area contributed by atoms with Crippen LogP contribution in [0.5, 0.6) is 0 Å². The average molecular weight is 187 g/mol. The molecule has 0 radical (unpaired) electrons. The van der Waals surface area contributed by atoms with Gasteiger partial charge in [0.2, 0.25) is 0 Å². The van der Waals surface area contributed by atoms with E-state index < -0.39 is 0 Å². The first-order valence-electron chi connectivity index (χ1n) is 5.25. The van der Waals surface area contributed by atoms with Gasteiger partial charge in [-0.05, 0) is 46.5 Å². The third-order valence-corrected chi connectivity index (χ3v) is 1.74. The van der Waals surface area contributed by atoms with Crippen molar-refractivity contribution in [3.63, 3.8) is 0 Å². The predicted octanol–water partition coefficient (Wildman–Crippen LogP) is 3.13. The molecule has 0 saturated heterocycles. The van der Waals surface area contributed by atoms with E-state index in [4.69, 9.17) is 4.84 Å². The molecule has 13 heavy (non-hydrogen) atoms. The highest BCUT2D eigenvalue weighted by molar-refractivity contribution is 4.61. The molecule has 0 aromatic heterocycles. The molecular weight excluding hydrogens is 162 g/mol. The Labute approximate surface area is 83.0 Å². The molecule has 0 aliphatic rings. The van der Waals surface area contributed by atoms with Gasteiger partial charge in [0.25, 0.3) is 0 Å². The Morgan fingerprint density at radius 1 is 1.08 bits per heavy atom. The normalized spacial score (nSPS) is 15.0. The topological polar surface area (TPSA) is 21.3 Å². The van der Waals surface area contributed by atoms with Crippen LogP contribution in [0.1, 0.15) is 54.4 Å². The molecule has 1 N–H and O–H groups in total. The molecule has 0 aliphatic carbocycles. The minimum absolute atomic E-state index is 0.0912. The molecule has 0 spiro atoms. The first-order valence-corrected chi connectivity index (χ1v) is 5.25. The Morgan fingerprint density at radius 3 is 2.00 bits per heavy atom. The van der Waals surface area contributed by atoms with Crippen LogP contribution >= 0.6 is 0 Å². The van der Waals surface area contributed by atoms with Gasteiger partial charge in [0, 0.05) is 6.04 Å². The van der Waals surface area contributed by atoms with Crippen LogP contribution in [0.3, 0.4) is 0 Å². The number of hydrogen-bond acceptors (Lipinski definition) is 2. The van der Waals surface area contributed by atoms with Crippen molar-refractivity contribution >= 4 is 0 Å². The average Bonchev–Trinajstić information content (AvgIpc) is 1.95. The van der Waals surface area contributed by atoms with E-state index in [-0.39, 0.29) is 5.60 Å². The van der Waals surface area contributed by atoms with Crippen LogP contribution in [0, 0.1) is 5.92 Å². The number of rotatable bonds is 5. The fourth-order valence-corrected chi connectivity index (χ4v) is 0.920. The third kappa shape index (κ3) is 9.84. The molecule has 0 aromatic carbocycles. The van der Waals surface area contributed by atoms with E-state index >= 15 is 0 Å².